The van der Waals surface area contributed by atoms with Gasteiger partial charge in [0, 0.05) is 19.8 Å². The highest BCUT2D eigenvalue weighted by atomic mass is 16.6. The molecule has 2 saturated carbocycles. The SMILES string of the molecule is CC(=O)OC1C(OC(C)=O)C(OC(=O)c2ccoc2)C2(C)C(OC(=O)c3ccccc3)CC3CC2(OC3(C)C)C1C. The van der Waals surface area contributed by atoms with Gasteiger partial charge in [-0.05, 0) is 57.7 Å². The van der Waals surface area contributed by atoms with Crippen molar-refractivity contribution in [3.63, 3.8) is 0 Å². The second-order valence-corrected chi connectivity index (χ2v) is 12.0. The van der Waals surface area contributed by atoms with E-state index in [1.165, 1.54) is 32.4 Å². The smallest absolute Gasteiger partial charge is 0.341 e. The molecular weight excluding hydrogens is 532 g/mol. The summed E-state index contributed by atoms with van der Waals surface area (Å²) in [7, 11) is 0. The van der Waals surface area contributed by atoms with Gasteiger partial charge in [0.2, 0.25) is 0 Å². The lowest BCUT2D eigenvalue weighted by molar-refractivity contribution is -0.304. The normalized spacial score (nSPS) is 35.1. The number of hydrogen-bond acceptors (Lipinski definition) is 10. The van der Waals surface area contributed by atoms with Crippen molar-refractivity contribution in [3.8, 4) is 0 Å². The van der Waals surface area contributed by atoms with Crippen molar-refractivity contribution in [3.05, 3.63) is 60.1 Å². The highest BCUT2D eigenvalue weighted by Crippen LogP contribution is 2.67. The lowest BCUT2D eigenvalue weighted by Crippen LogP contribution is -2.75. The van der Waals surface area contributed by atoms with Crippen molar-refractivity contribution in [1.29, 1.82) is 0 Å². The van der Waals surface area contributed by atoms with Crippen molar-refractivity contribution in [2.75, 3.05) is 0 Å². The molecule has 41 heavy (non-hydrogen) atoms. The van der Waals surface area contributed by atoms with Crippen LogP contribution in [0.15, 0.2) is 53.3 Å². The van der Waals surface area contributed by atoms with Crippen molar-refractivity contribution in [1.82, 2.24) is 0 Å². The Labute approximate surface area is 238 Å². The van der Waals surface area contributed by atoms with Crippen LogP contribution < -0.4 is 0 Å². The number of carbonyl (C=O) groups excluding carboxylic acids is 4. The Hall–Kier alpha value is -3.66. The first-order valence-corrected chi connectivity index (χ1v) is 13.8. The summed E-state index contributed by atoms with van der Waals surface area (Å²) in [6.07, 6.45) is -0.719. The Morgan fingerprint density at radius 3 is 2.07 bits per heavy atom. The van der Waals surface area contributed by atoms with Gasteiger partial charge in [0.25, 0.3) is 0 Å². The molecule has 10 nitrogen and oxygen atoms in total. The summed E-state index contributed by atoms with van der Waals surface area (Å²) >= 11 is 0. The van der Waals surface area contributed by atoms with Crippen LogP contribution in [0.2, 0.25) is 0 Å². The van der Waals surface area contributed by atoms with E-state index in [-0.39, 0.29) is 11.5 Å². The van der Waals surface area contributed by atoms with Gasteiger partial charge in [-0.15, -0.1) is 0 Å². The van der Waals surface area contributed by atoms with E-state index in [4.69, 9.17) is 28.1 Å². The van der Waals surface area contributed by atoms with Crippen molar-refractivity contribution < 1.29 is 47.3 Å². The van der Waals surface area contributed by atoms with Crippen LogP contribution in [-0.2, 0) is 33.3 Å². The number of rotatable bonds is 6. The first kappa shape index (κ1) is 28.9. The molecule has 1 aliphatic heterocycles. The topological polar surface area (TPSA) is 128 Å². The number of hydrogen-bond donors (Lipinski definition) is 0. The summed E-state index contributed by atoms with van der Waals surface area (Å²) in [5.74, 6) is -3.07. The molecule has 8 atom stereocenters. The molecule has 1 spiro atoms. The fraction of sp³-hybridized carbons (Fsp3) is 0.548. The van der Waals surface area contributed by atoms with E-state index in [2.05, 4.69) is 0 Å². The predicted molar refractivity (Wildman–Crippen MR) is 143 cm³/mol. The average molecular weight is 569 g/mol. The van der Waals surface area contributed by atoms with Crippen LogP contribution in [0, 0.1) is 17.3 Å². The molecule has 5 rings (SSSR count). The second kappa shape index (κ2) is 10.3. The zero-order chi connectivity index (χ0) is 29.7. The minimum Gasteiger partial charge on any atom is -0.472 e. The van der Waals surface area contributed by atoms with Gasteiger partial charge in [0.05, 0.1) is 34.0 Å². The van der Waals surface area contributed by atoms with E-state index in [1.807, 2.05) is 27.7 Å². The molecule has 8 unspecified atom stereocenters. The fourth-order valence-electron chi connectivity index (χ4n) is 7.31. The minimum absolute atomic E-state index is 0.0277. The molecule has 2 aromatic rings. The summed E-state index contributed by atoms with van der Waals surface area (Å²) in [4.78, 5) is 51.7. The number of benzene rings is 1. The molecule has 3 aliphatic rings. The molecule has 1 aromatic heterocycles. The molecule has 2 aliphatic carbocycles. The van der Waals surface area contributed by atoms with Crippen LogP contribution in [0.4, 0.5) is 0 Å². The van der Waals surface area contributed by atoms with Gasteiger partial charge in [0.1, 0.15) is 18.5 Å². The van der Waals surface area contributed by atoms with Crippen LogP contribution in [-0.4, -0.2) is 59.5 Å². The summed E-state index contributed by atoms with van der Waals surface area (Å²) < 4.78 is 36.1. The van der Waals surface area contributed by atoms with Crippen LogP contribution in [0.3, 0.4) is 0 Å². The van der Waals surface area contributed by atoms with E-state index in [0.29, 0.717) is 18.4 Å². The van der Waals surface area contributed by atoms with Crippen LogP contribution in [0.1, 0.15) is 75.1 Å². The number of furan rings is 1. The van der Waals surface area contributed by atoms with Crippen molar-refractivity contribution >= 4 is 23.9 Å². The van der Waals surface area contributed by atoms with E-state index in [9.17, 15) is 19.2 Å². The molecular formula is C31H36O10. The van der Waals surface area contributed by atoms with Gasteiger partial charge in [-0.1, -0.05) is 25.1 Å². The largest absolute Gasteiger partial charge is 0.472 e. The molecule has 220 valence electrons. The van der Waals surface area contributed by atoms with Crippen LogP contribution in [0.25, 0.3) is 0 Å². The third kappa shape index (κ3) is 4.71. The van der Waals surface area contributed by atoms with Gasteiger partial charge in [-0.25, -0.2) is 9.59 Å². The number of carbonyl (C=O) groups is 4. The highest BCUT2D eigenvalue weighted by Gasteiger charge is 2.78. The Balaban J connectivity index is 1.68. The van der Waals surface area contributed by atoms with Crippen LogP contribution >= 0.6 is 0 Å². The average Bonchev–Trinajstić information content (AvgIpc) is 3.53. The lowest BCUT2D eigenvalue weighted by Gasteiger charge is -2.62. The molecule has 2 bridgehead atoms. The molecule has 0 radical (unpaired) electrons. The van der Waals surface area contributed by atoms with Crippen molar-refractivity contribution in [2.24, 2.45) is 17.3 Å². The first-order valence-electron chi connectivity index (χ1n) is 13.8. The maximum atomic E-state index is 13.5. The zero-order valence-electron chi connectivity index (χ0n) is 24.1. The third-order valence-corrected chi connectivity index (χ3v) is 9.35. The Bertz CT molecular complexity index is 1320. The summed E-state index contributed by atoms with van der Waals surface area (Å²) in [5, 5.41) is 0. The predicted octanol–water partition coefficient (Wildman–Crippen LogP) is 4.51. The molecule has 1 saturated heterocycles. The fourth-order valence-corrected chi connectivity index (χ4v) is 7.31. The van der Waals surface area contributed by atoms with Gasteiger partial charge >= 0.3 is 23.9 Å². The quantitative estimate of drug-likeness (QED) is 0.363. The molecule has 3 fully saturated rings. The van der Waals surface area contributed by atoms with Gasteiger partial charge in [0.15, 0.2) is 12.2 Å². The van der Waals surface area contributed by atoms with Crippen LogP contribution in [0.5, 0.6) is 0 Å². The molecule has 1 aromatic carbocycles. The summed E-state index contributed by atoms with van der Waals surface area (Å²) in [5.41, 5.74) is -2.44. The molecule has 2 heterocycles. The second-order valence-electron chi connectivity index (χ2n) is 12.0. The lowest BCUT2D eigenvalue weighted by atomic mass is 9.49. The summed E-state index contributed by atoms with van der Waals surface area (Å²) in [6, 6.07) is 10.1. The maximum Gasteiger partial charge on any atom is 0.341 e. The molecule has 10 heteroatoms. The standard InChI is InChI=1S/C31H36O10/c1-17-24(37-18(2)32)25(38-19(3)33)26(40-28(35)21-12-13-36-16-21)30(6)23(39-27(34)20-10-8-7-9-11-20)14-22-15-31(17,30)41-29(22,4)5/h7-13,16-17,22-26H,14-15H2,1-6H3. The van der Waals surface area contributed by atoms with Crippen molar-refractivity contribution in [2.45, 2.75) is 90.0 Å². The molecule has 0 amide bonds. The number of fused-ring (bicyclic) bond motifs is 1. The summed E-state index contributed by atoms with van der Waals surface area (Å²) in [6.45, 7) is 10.2. The van der Waals surface area contributed by atoms with E-state index in [1.54, 1.807) is 30.3 Å². The Kier molecular flexibility index (Phi) is 7.26. The highest BCUT2D eigenvalue weighted by molar-refractivity contribution is 5.90. The Morgan fingerprint density at radius 2 is 1.46 bits per heavy atom. The Morgan fingerprint density at radius 1 is 0.829 bits per heavy atom. The maximum absolute atomic E-state index is 13.5. The molecule has 0 N–H and O–H groups in total. The number of ether oxygens (including phenoxy) is 5. The van der Waals surface area contributed by atoms with Gasteiger partial charge in [-0.2, -0.15) is 0 Å². The van der Waals surface area contributed by atoms with E-state index in [0.717, 1.165) is 0 Å². The van der Waals surface area contributed by atoms with Gasteiger partial charge in [-0.3, -0.25) is 9.59 Å². The minimum atomic E-state index is -1.22. The van der Waals surface area contributed by atoms with E-state index < -0.39 is 70.8 Å². The van der Waals surface area contributed by atoms with E-state index >= 15 is 0 Å². The first-order chi connectivity index (χ1) is 19.3. The monoisotopic (exact) mass is 568 g/mol. The number of esters is 4. The third-order valence-electron chi connectivity index (χ3n) is 9.35. The van der Waals surface area contributed by atoms with Gasteiger partial charge < -0.3 is 28.1 Å². The zero-order valence-corrected chi connectivity index (χ0v) is 24.1.